The van der Waals surface area contributed by atoms with Crippen LogP contribution in [0.15, 0.2) is 29.2 Å². The second-order valence-corrected chi connectivity index (χ2v) is 7.38. The predicted molar refractivity (Wildman–Crippen MR) is 92.8 cm³/mol. The molecule has 0 spiro atoms. The van der Waals surface area contributed by atoms with Crippen LogP contribution in [0, 0.1) is 0 Å². The summed E-state index contributed by atoms with van der Waals surface area (Å²) in [7, 11) is -3.52. The number of sulfonamides is 1. The Hall–Kier alpha value is -1.40. The molecular formula is C17H28N2O3S. The number of nitrogens with one attached hydrogen (secondary N) is 1. The molecule has 0 aliphatic rings. The smallest absolute Gasteiger partial charge is 0.240 e. The van der Waals surface area contributed by atoms with Gasteiger partial charge >= 0.3 is 0 Å². The van der Waals surface area contributed by atoms with Gasteiger partial charge in [0.2, 0.25) is 15.9 Å². The molecule has 1 rings (SSSR count). The van der Waals surface area contributed by atoms with Crippen LogP contribution in [0.5, 0.6) is 0 Å². The summed E-state index contributed by atoms with van der Waals surface area (Å²) in [5.41, 5.74) is 1.10. The molecule has 0 unspecified atom stereocenters. The van der Waals surface area contributed by atoms with Crippen LogP contribution in [0.2, 0.25) is 0 Å². The number of hydrogen-bond acceptors (Lipinski definition) is 3. The Kier molecular flexibility index (Phi) is 8.26. The van der Waals surface area contributed by atoms with E-state index >= 15 is 0 Å². The van der Waals surface area contributed by atoms with Crippen LogP contribution in [0.25, 0.3) is 0 Å². The first-order chi connectivity index (χ1) is 10.9. The third-order valence-electron chi connectivity index (χ3n) is 3.79. The zero-order valence-electron chi connectivity index (χ0n) is 14.3. The number of nitrogens with zero attached hydrogens (tertiary/aromatic N) is 1. The van der Waals surface area contributed by atoms with Gasteiger partial charge in [0.25, 0.3) is 0 Å². The molecule has 0 aliphatic carbocycles. The van der Waals surface area contributed by atoms with Crippen molar-refractivity contribution in [2.24, 2.45) is 0 Å². The topological polar surface area (TPSA) is 66.5 Å². The van der Waals surface area contributed by atoms with Crippen molar-refractivity contribution in [2.75, 3.05) is 19.6 Å². The van der Waals surface area contributed by atoms with Gasteiger partial charge in [0.05, 0.1) is 4.90 Å². The number of carbonyl (C=O) groups is 1. The quantitative estimate of drug-likeness (QED) is 0.666. The Balaban J connectivity index is 2.55. The molecule has 0 saturated carbocycles. The summed E-state index contributed by atoms with van der Waals surface area (Å²) >= 11 is 0. The number of aryl methyl sites for hydroxylation is 1. The van der Waals surface area contributed by atoms with Crippen molar-refractivity contribution < 1.29 is 13.2 Å². The third-order valence-corrected chi connectivity index (χ3v) is 5.27. The van der Waals surface area contributed by atoms with E-state index in [1.807, 2.05) is 19.1 Å². The largest absolute Gasteiger partial charge is 0.342 e. The van der Waals surface area contributed by atoms with Crippen molar-refractivity contribution >= 4 is 15.9 Å². The molecule has 23 heavy (non-hydrogen) atoms. The van der Waals surface area contributed by atoms with E-state index < -0.39 is 10.0 Å². The van der Waals surface area contributed by atoms with Gasteiger partial charge in [-0.3, -0.25) is 4.79 Å². The summed E-state index contributed by atoms with van der Waals surface area (Å²) in [4.78, 5) is 13.5. The second kappa shape index (κ2) is 9.67. The molecule has 1 N–H and O–H groups in total. The van der Waals surface area contributed by atoms with Crippen LogP contribution in [0.1, 0.15) is 45.6 Å². The first kappa shape index (κ1) is 19.6. The minimum absolute atomic E-state index is 0.0207. The molecule has 6 heteroatoms. The molecule has 0 atom stereocenters. The summed E-state index contributed by atoms with van der Waals surface area (Å²) in [6.07, 6.45) is 3.98. The van der Waals surface area contributed by atoms with Gasteiger partial charge in [-0.25, -0.2) is 13.1 Å². The second-order valence-electron chi connectivity index (χ2n) is 5.61. The number of rotatable bonds is 10. The van der Waals surface area contributed by atoms with Gasteiger partial charge in [-0.15, -0.1) is 0 Å². The summed E-state index contributed by atoms with van der Waals surface area (Å²) in [5, 5.41) is 0. The number of benzene rings is 1. The Bertz CT molecular complexity index is 582. The number of unbranched alkanes of at least 4 members (excludes halogenated alkanes) is 2. The van der Waals surface area contributed by atoms with E-state index in [-0.39, 0.29) is 17.3 Å². The van der Waals surface area contributed by atoms with Gasteiger partial charge in [0.15, 0.2) is 0 Å². The third kappa shape index (κ3) is 6.71. The highest BCUT2D eigenvalue weighted by Crippen LogP contribution is 2.10. The van der Waals surface area contributed by atoms with Crippen molar-refractivity contribution in [2.45, 2.75) is 51.3 Å². The average molecular weight is 340 g/mol. The lowest BCUT2D eigenvalue weighted by Gasteiger charge is -2.21. The molecule has 0 saturated heterocycles. The van der Waals surface area contributed by atoms with Crippen molar-refractivity contribution in [1.29, 1.82) is 0 Å². The molecule has 0 heterocycles. The maximum atomic E-state index is 12.2. The average Bonchev–Trinajstić information content (AvgIpc) is 2.53. The highest BCUT2D eigenvalue weighted by molar-refractivity contribution is 7.89. The van der Waals surface area contributed by atoms with Crippen molar-refractivity contribution in [3.63, 3.8) is 0 Å². The summed E-state index contributed by atoms with van der Waals surface area (Å²) in [5.74, 6) is -0.0207. The van der Waals surface area contributed by atoms with Gasteiger partial charge in [0.1, 0.15) is 0 Å². The number of carbonyl (C=O) groups excluding carboxylic acids is 1. The van der Waals surface area contributed by atoms with Crippen molar-refractivity contribution in [3.05, 3.63) is 29.8 Å². The minimum atomic E-state index is -3.52. The van der Waals surface area contributed by atoms with E-state index in [4.69, 9.17) is 0 Å². The van der Waals surface area contributed by atoms with E-state index in [1.54, 1.807) is 17.0 Å². The van der Waals surface area contributed by atoms with Gasteiger partial charge in [0, 0.05) is 26.6 Å². The molecule has 1 amide bonds. The maximum absolute atomic E-state index is 12.2. The number of amides is 1. The van der Waals surface area contributed by atoms with Gasteiger partial charge in [-0.05, 0) is 30.5 Å². The first-order valence-electron chi connectivity index (χ1n) is 8.24. The summed E-state index contributed by atoms with van der Waals surface area (Å²) in [6.45, 7) is 6.95. The predicted octanol–water partition coefficient (Wildman–Crippen LogP) is 2.57. The van der Waals surface area contributed by atoms with Crippen LogP contribution in [-0.2, 0) is 21.2 Å². The van der Waals surface area contributed by atoms with Gasteiger partial charge in [-0.1, -0.05) is 38.8 Å². The molecule has 0 aliphatic heterocycles. The SMILES string of the molecule is CCCCCN(CCNS(=O)(=O)c1ccc(CC)cc1)C(C)=O. The summed E-state index contributed by atoms with van der Waals surface area (Å²) < 4.78 is 27.0. The van der Waals surface area contributed by atoms with E-state index in [2.05, 4.69) is 11.6 Å². The van der Waals surface area contributed by atoms with Crippen LogP contribution >= 0.6 is 0 Å². The Labute approximate surface area is 140 Å². The van der Waals surface area contributed by atoms with E-state index in [0.29, 0.717) is 13.1 Å². The van der Waals surface area contributed by atoms with Crippen LogP contribution in [0.3, 0.4) is 0 Å². The normalized spacial score (nSPS) is 11.4. The van der Waals surface area contributed by atoms with Gasteiger partial charge in [-0.2, -0.15) is 0 Å². The minimum Gasteiger partial charge on any atom is -0.342 e. The first-order valence-corrected chi connectivity index (χ1v) is 9.73. The Morgan fingerprint density at radius 3 is 2.26 bits per heavy atom. The van der Waals surface area contributed by atoms with Crippen LogP contribution in [-0.4, -0.2) is 38.9 Å². The van der Waals surface area contributed by atoms with Crippen LogP contribution in [0.4, 0.5) is 0 Å². The molecule has 0 radical (unpaired) electrons. The molecule has 130 valence electrons. The van der Waals surface area contributed by atoms with Gasteiger partial charge < -0.3 is 4.90 Å². The summed E-state index contributed by atoms with van der Waals surface area (Å²) in [6, 6.07) is 6.87. The molecule has 1 aromatic rings. The molecule has 0 bridgehead atoms. The zero-order valence-corrected chi connectivity index (χ0v) is 15.2. The van der Waals surface area contributed by atoms with E-state index in [1.165, 1.54) is 6.92 Å². The van der Waals surface area contributed by atoms with E-state index in [0.717, 1.165) is 31.2 Å². The zero-order chi connectivity index (χ0) is 17.3. The molecular weight excluding hydrogens is 312 g/mol. The number of hydrogen-bond donors (Lipinski definition) is 1. The molecule has 0 fully saturated rings. The highest BCUT2D eigenvalue weighted by Gasteiger charge is 2.15. The van der Waals surface area contributed by atoms with Crippen molar-refractivity contribution in [1.82, 2.24) is 9.62 Å². The standard InChI is InChI=1S/C17H28N2O3S/c1-4-6-7-13-19(15(3)20)14-12-18-23(21,22)17-10-8-16(5-2)9-11-17/h8-11,18H,4-7,12-14H2,1-3H3. The highest BCUT2D eigenvalue weighted by atomic mass is 32.2. The van der Waals surface area contributed by atoms with Crippen LogP contribution < -0.4 is 4.72 Å². The maximum Gasteiger partial charge on any atom is 0.240 e. The Morgan fingerprint density at radius 2 is 1.74 bits per heavy atom. The molecule has 5 nitrogen and oxygen atoms in total. The molecule has 1 aromatic carbocycles. The molecule has 0 aromatic heterocycles. The lowest BCUT2D eigenvalue weighted by Crippen LogP contribution is -2.38. The van der Waals surface area contributed by atoms with E-state index in [9.17, 15) is 13.2 Å². The Morgan fingerprint density at radius 1 is 1.09 bits per heavy atom. The monoisotopic (exact) mass is 340 g/mol. The fourth-order valence-electron chi connectivity index (χ4n) is 2.28. The fourth-order valence-corrected chi connectivity index (χ4v) is 3.30. The lowest BCUT2D eigenvalue weighted by atomic mass is 10.2. The lowest BCUT2D eigenvalue weighted by molar-refractivity contribution is -0.128. The fraction of sp³-hybridized carbons (Fsp3) is 0.588. The van der Waals surface area contributed by atoms with Crippen molar-refractivity contribution in [3.8, 4) is 0 Å².